The molecule has 0 N–H and O–H groups in total. The Morgan fingerprint density at radius 3 is 1.76 bits per heavy atom. The highest BCUT2D eigenvalue weighted by Crippen LogP contribution is 2.39. The van der Waals surface area contributed by atoms with E-state index in [9.17, 15) is 0 Å². The number of nitrogens with zero attached hydrogens (tertiary/aromatic N) is 4. The van der Waals surface area contributed by atoms with Crippen molar-refractivity contribution < 1.29 is 9.30 Å². The maximum absolute atomic E-state index is 7.00. The van der Waals surface area contributed by atoms with Crippen molar-refractivity contribution in [2.75, 3.05) is 0 Å². The molecular weight excluding hydrogens is 817 g/mol. The molecule has 67 heavy (non-hydrogen) atoms. The number of para-hydroxylation sites is 1. The van der Waals surface area contributed by atoms with Gasteiger partial charge in [0.05, 0.1) is 28.1 Å². The molecular formula is C62H50N4O. The molecule has 3 aromatic heterocycles. The van der Waals surface area contributed by atoms with Crippen LogP contribution in [-0.2, 0) is 10.8 Å². The lowest BCUT2D eigenvalue weighted by Crippen LogP contribution is -2.29. The Labute approximate surface area is 392 Å². The van der Waals surface area contributed by atoms with Crippen molar-refractivity contribution in [3.05, 3.63) is 259 Å². The lowest BCUT2D eigenvalue weighted by molar-refractivity contribution is -0.599. The fraction of sp³-hybridized carbons (Fsp3) is 0.0968. The summed E-state index contributed by atoms with van der Waals surface area (Å²) in [6.07, 6.45) is 7.87. The van der Waals surface area contributed by atoms with Gasteiger partial charge >= 0.3 is 0 Å². The lowest BCUT2D eigenvalue weighted by atomic mass is 9.78. The maximum Gasteiger partial charge on any atom is 0.269 e. The molecule has 11 rings (SSSR count). The van der Waals surface area contributed by atoms with Gasteiger partial charge in [0.15, 0.2) is 0 Å². The van der Waals surface area contributed by atoms with Gasteiger partial charge < -0.3 is 4.74 Å². The molecule has 5 heteroatoms. The van der Waals surface area contributed by atoms with Crippen molar-refractivity contribution >= 4 is 21.8 Å². The van der Waals surface area contributed by atoms with E-state index in [-0.39, 0.29) is 10.8 Å². The molecule has 3 heterocycles. The van der Waals surface area contributed by atoms with Crippen LogP contribution in [0.2, 0.25) is 0 Å². The Balaban J connectivity index is 1.03. The minimum Gasteiger partial charge on any atom is -0.458 e. The van der Waals surface area contributed by atoms with Gasteiger partial charge in [0, 0.05) is 40.1 Å². The Hall–Kier alpha value is -8.28. The fourth-order valence-electron chi connectivity index (χ4n) is 9.49. The number of hydrogen-bond donors (Lipinski definition) is 0. The zero-order valence-electron chi connectivity index (χ0n) is 38.1. The standard InChI is InChI=1S/C62H50N4O/c1-61(2,47-24-13-7-14-25-47)49-28-19-29-51(38-49)64-42-59(45-22-11-6-12-23-45)65(43-64)52-36-46(44-20-9-5-10-21-44)37-54(40-52)67-53-32-33-56-55-30-17-18-31-57(55)66(58(56)41-53)60-39-50(34-35-63-60)62(3,4)48-26-15-8-16-27-48/h5-42H,1-4H3. The molecule has 0 bridgehead atoms. The van der Waals surface area contributed by atoms with E-state index in [4.69, 9.17) is 9.72 Å². The van der Waals surface area contributed by atoms with Gasteiger partial charge in [0.2, 0.25) is 0 Å². The van der Waals surface area contributed by atoms with Crippen LogP contribution in [0.15, 0.2) is 231 Å². The molecule has 0 aliphatic heterocycles. The SMILES string of the molecule is CC(C)(c1ccccc1)c1cccc(-[n+]2[c-]n(-c3cc(Oc4ccc5c6ccccc6n(-c6cc(C(C)(C)c7ccccc7)ccn6)c5c4)cc(-c4ccccc4)c3)c(-c3ccccc3)c2)c1. The predicted octanol–water partition coefficient (Wildman–Crippen LogP) is 14.8. The number of imidazole rings is 1. The number of rotatable bonds is 11. The van der Waals surface area contributed by atoms with Crippen molar-refractivity contribution in [3.63, 3.8) is 0 Å². The average Bonchev–Trinajstić information content (AvgIpc) is 3.98. The monoisotopic (exact) mass is 866 g/mol. The highest BCUT2D eigenvalue weighted by molar-refractivity contribution is 6.09. The Morgan fingerprint density at radius 1 is 0.463 bits per heavy atom. The number of pyridine rings is 1. The van der Waals surface area contributed by atoms with Crippen LogP contribution in [0.25, 0.3) is 61.4 Å². The topological polar surface area (TPSA) is 35.9 Å². The van der Waals surface area contributed by atoms with Gasteiger partial charge in [0.25, 0.3) is 6.33 Å². The van der Waals surface area contributed by atoms with E-state index in [2.05, 4.69) is 272 Å². The third-order valence-corrected chi connectivity index (χ3v) is 13.4. The van der Waals surface area contributed by atoms with Crippen LogP contribution in [0.3, 0.4) is 0 Å². The molecule has 0 fully saturated rings. The molecule has 8 aromatic carbocycles. The van der Waals surface area contributed by atoms with E-state index in [0.717, 1.165) is 67.1 Å². The van der Waals surface area contributed by atoms with Crippen LogP contribution >= 0.6 is 0 Å². The molecule has 0 spiro atoms. The van der Waals surface area contributed by atoms with E-state index in [1.54, 1.807) is 0 Å². The Bertz CT molecular complexity index is 3530. The first-order valence-corrected chi connectivity index (χ1v) is 22.9. The highest BCUT2D eigenvalue weighted by atomic mass is 16.5. The lowest BCUT2D eigenvalue weighted by Gasteiger charge is -2.26. The van der Waals surface area contributed by atoms with Crippen LogP contribution in [-0.4, -0.2) is 14.1 Å². The molecule has 0 aliphatic carbocycles. The van der Waals surface area contributed by atoms with Crippen molar-refractivity contribution in [2.45, 2.75) is 38.5 Å². The number of fused-ring (bicyclic) bond motifs is 3. The highest BCUT2D eigenvalue weighted by Gasteiger charge is 2.26. The smallest absolute Gasteiger partial charge is 0.269 e. The number of benzene rings is 8. The van der Waals surface area contributed by atoms with E-state index >= 15 is 0 Å². The van der Waals surface area contributed by atoms with Crippen LogP contribution in [0.1, 0.15) is 49.9 Å². The molecule has 324 valence electrons. The Morgan fingerprint density at radius 2 is 1.06 bits per heavy atom. The van der Waals surface area contributed by atoms with Crippen molar-refractivity contribution in [3.8, 4) is 51.1 Å². The van der Waals surface area contributed by atoms with Gasteiger partial charge in [-0.15, -0.1) is 0 Å². The third-order valence-electron chi connectivity index (χ3n) is 13.4. The third kappa shape index (κ3) is 7.79. The normalized spacial score (nSPS) is 11.9. The Kier molecular flexibility index (Phi) is 10.5. The van der Waals surface area contributed by atoms with E-state index < -0.39 is 0 Å². The minimum absolute atomic E-state index is 0.198. The zero-order valence-corrected chi connectivity index (χ0v) is 38.1. The number of hydrogen-bond acceptors (Lipinski definition) is 2. The van der Waals surface area contributed by atoms with Gasteiger partial charge in [-0.25, -0.2) is 4.98 Å². The summed E-state index contributed by atoms with van der Waals surface area (Å²) in [7, 11) is 0. The summed E-state index contributed by atoms with van der Waals surface area (Å²) in [6, 6.07) is 77.0. The molecule has 0 saturated carbocycles. The second kappa shape index (κ2) is 16.9. The van der Waals surface area contributed by atoms with Crippen LogP contribution < -0.4 is 9.30 Å². The van der Waals surface area contributed by atoms with Crippen LogP contribution in [0.5, 0.6) is 11.5 Å². The molecule has 0 radical (unpaired) electrons. The summed E-state index contributed by atoms with van der Waals surface area (Å²) in [6.45, 7) is 9.12. The second-order valence-corrected chi connectivity index (χ2v) is 18.3. The van der Waals surface area contributed by atoms with Gasteiger partial charge in [-0.2, -0.15) is 0 Å². The first-order valence-electron chi connectivity index (χ1n) is 22.9. The first kappa shape index (κ1) is 41.4. The number of ether oxygens (including phenoxy) is 1. The van der Waals surface area contributed by atoms with Crippen molar-refractivity contribution in [1.82, 2.24) is 14.1 Å². The molecule has 0 aliphatic rings. The van der Waals surface area contributed by atoms with Crippen molar-refractivity contribution in [2.24, 2.45) is 0 Å². The maximum atomic E-state index is 7.00. The van der Waals surface area contributed by atoms with Crippen molar-refractivity contribution in [1.29, 1.82) is 0 Å². The fourth-order valence-corrected chi connectivity index (χ4v) is 9.49. The van der Waals surface area contributed by atoms with Gasteiger partial charge in [-0.3, -0.25) is 13.7 Å². The quantitative estimate of drug-likeness (QED) is 0.0959. The number of aromatic nitrogens is 4. The van der Waals surface area contributed by atoms with Gasteiger partial charge in [-0.1, -0.05) is 179 Å². The van der Waals surface area contributed by atoms with E-state index in [1.807, 2.05) is 6.20 Å². The molecule has 11 aromatic rings. The average molecular weight is 867 g/mol. The zero-order chi connectivity index (χ0) is 45.5. The molecule has 0 saturated heterocycles. The minimum atomic E-state index is -0.229. The summed E-state index contributed by atoms with van der Waals surface area (Å²) in [5.41, 5.74) is 12.8. The molecule has 5 nitrogen and oxygen atoms in total. The summed E-state index contributed by atoms with van der Waals surface area (Å²) in [4.78, 5) is 4.99. The van der Waals surface area contributed by atoms with E-state index in [0.29, 0.717) is 5.75 Å². The second-order valence-electron chi connectivity index (χ2n) is 18.3. The van der Waals surface area contributed by atoms with Gasteiger partial charge in [-0.05, 0) is 99.6 Å². The first-order chi connectivity index (χ1) is 32.7. The van der Waals surface area contributed by atoms with E-state index in [1.165, 1.54) is 22.3 Å². The molecule has 0 amide bonds. The summed E-state index contributed by atoms with van der Waals surface area (Å²) >= 11 is 0. The summed E-state index contributed by atoms with van der Waals surface area (Å²) in [5, 5.41) is 2.29. The molecule has 0 unspecified atom stereocenters. The summed E-state index contributed by atoms with van der Waals surface area (Å²) in [5.74, 6) is 2.29. The molecule has 0 atom stereocenters. The summed E-state index contributed by atoms with van der Waals surface area (Å²) < 4.78 is 13.5. The van der Waals surface area contributed by atoms with Crippen LogP contribution in [0.4, 0.5) is 0 Å². The van der Waals surface area contributed by atoms with Crippen LogP contribution in [0, 0.1) is 6.33 Å². The largest absolute Gasteiger partial charge is 0.458 e. The van der Waals surface area contributed by atoms with Gasteiger partial charge in [0.1, 0.15) is 17.3 Å². The predicted molar refractivity (Wildman–Crippen MR) is 273 cm³/mol.